The highest BCUT2D eigenvalue weighted by molar-refractivity contribution is 5.85. The predicted octanol–water partition coefficient (Wildman–Crippen LogP) is -0.728. The zero-order valence-corrected chi connectivity index (χ0v) is 9.12. The molecule has 0 atom stereocenters. The van der Waals surface area contributed by atoms with Gasteiger partial charge in [0.25, 0.3) is 0 Å². The van der Waals surface area contributed by atoms with Gasteiger partial charge in [-0.3, -0.25) is 9.59 Å². The Kier molecular flexibility index (Phi) is 5.87. The van der Waals surface area contributed by atoms with Gasteiger partial charge in [-0.25, -0.2) is 0 Å². The Balaban J connectivity index is 4.22. The number of amides is 2. The number of nitrogens with two attached hydrogens (primary N) is 1. The molecule has 0 aliphatic rings. The third kappa shape index (κ3) is 4.23. The van der Waals surface area contributed by atoms with Crippen LogP contribution >= 0.6 is 0 Å². The third-order valence-electron chi connectivity index (χ3n) is 1.85. The van der Waals surface area contributed by atoms with E-state index in [0.717, 1.165) is 6.42 Å². The molecule has 0 radical (unpaired) electrons. The van der Waals surface area contributed by atoms with Gasteiger partial charge >= 0.3 is 0 Å². The van der Waals surface area contributed by atoms with Gasteiger partial charge in [-0.2, -0.15) is 0 Å². The first kappa shape index (κ1) is 12.9. The molecule has 0 aliphatic carbocycles. The van der Waals surface area contributed by atoms with E-state index in [1.54, 1.807) is 14.1 Å². The standard InChI is InChI=1S/C9H19N3O2/c1-4-5-12(8(13)6-10)7-9(14)11(2)3/h4-7,10H2,1-3H3. The summed E-state index contributed by atoms with van der Waals surface area (Å²) in [5.41, 5.74) is 5.24. The summed E-state index contributed by atoms with van der Waals surface area (Å²) in [6, 6.07) is 0. The van der Waals surface area contributed by atoms with Crippen LogP contribution in [-0.4, -0.2) is 55.3 Å². The van der Waals surface area contributed by atoms with Crippen molar-refractivity contribution in [2.45, 2.75) is 13.3 Å². The van der Waals surface area contributed by atoms with E-state index in [0.29, 0.717) is 6.54 Å². The second-order valence-corrected chi connectivity index (χ2v) is 3.31. The van der Waals surface area contributed by atoms with Gasteiger partial charge in [0, 0.05) is 20.6 Å². The molecule has 2 N–H and O–H groups in total. The van der Waals surface area contributed by atoms with Crippen LogP contribution in [-0.2, 0) is 9.59 Å². The van der Waals surface area contributed by atoms with Crippen molar-refractivity contribution in [2.24, 2.45) is 5.73 Å². The number of hydrogen-bond donors (Lipinski definition) is 1. The largest absolute Gasteiger partial charge is 0.347 e. The molecule has 0 saturated heterocycles. The first-order valence-electron chi connectivity index (χ1n) is 4.70. The number of nitrogens with zero attached hydrogens (tertiary/aromatic N) is 2. The lowest BCUT2D eigenvalue weighted by atomic mass is 10.3. The van der Waals surface area contributed by atoms with Crippen molar-refractivity contribution in [3.8, 4) is 0 Å². The van der Waals surface area contributed by atoms with Gasteiger partial charge in [0.1, 0.15) is 0 Å². The van der Waals surface area contributed by atoms with E-state index in [9.17, 15) is 9.59 Å². The van der Waals surface area contributed by atoms with Crippen LogP contribution in [0.5, 0.6) is 0 Å². The summed E-state index contributed by atoms with van der Waals surface area (Å²) in [6.07, 6.45) is 0.826. The van der Waals surface area contributed by atoms with Gasteiger partial charge in [-0.05, 0) is 6.42 Å². The summed E-state index contributed by atoms with van der Waals surface area (Å²) in [5.74, 6) is -0.262. The molecule has 0 aromatic heterocycles. The van der Waals surface area contributed by atoms with Gasteiger partial charge in [0.15, 0.2) is 0 Å². The fourth-order valence-electron chi connectivity index (χ4n) is 0.996. The molecule has 0 saturated carbocycles. The summed E-state index contributed by atoms with van der Waals surface area (Å²) in [4.78, 5) is 25.6. The van der Waals surface area contributed by atoms with Crippen molar-refractivity contribution in [1.29, 1.82) is 0 Å². The first-order chi connectivity index (χ1) is 6.52. The molecule has 0 aromatic rings. The molecule has 0 fully saturated rings. The van der Waals surface area contributed by atoms with Crippen LogP contribution in [0.25, 0.3) is 0 Å². The average Bonchev–Trinajstić information content (AvgIpc) is 2.15. The fraction of sp³-hybridized carbons (Fsp3) is 0.778. The van der Waals surface area contributed by atoms with Crippen LogP contribution in [0.1, 0.15) is 13.3 Å². The molecule has 2 amide bonds. The maximum atomic E-state index is 11.3. The van der Waals surface area contributed by atoms with E-state index in [2.05, 4.69) is 0 Å². The topological polar surface area (TPSA) is 66.6 Å². The lowest BCUT2D eigenvalue weighted by Crippen LogP contribution is -2.43. The van der Waals surface area contributed by atoms with E-state index in [1.165, 1.54) is 9.80 Å². The quantitative estimate of drug-likeness (QED) is 0.638. The van der Waals surface area contributed by atoms with Gasteiger partial charge in [-0.1, -0.05) is 6.92 Å². The molecular weight excluding hydrogens is 182 g/mol. The van der Waals surface area contributed by atoms with Crippen LogP contribution in [0, 0.1) is 0 Å². The van der Waals surface area contributed by atoms with E-state index in [1.807, 2.05) is 6.92 Å². The molecule has 0 heterocycles. The molecule has 5 nitrogen and oxygen atoms in total. The lowest BCUT2D eigenvalue weighted by molar-refractivity contribution is -0.138. The van der Waals surface area contributed by atoms with Crippen molar-refractivity contribution in [3.05, 3.63) is 0 Å². The average molecular weight is 201 g/mol. The van der Waals surface area contributed by atoms with Gasteiger partial charge in [0.05, 0.1) is 13.1 Å². The molecule has 5 heteroatoms. The smallest absolute Gasteiger partial charge is 0.241 e. The van der Waals surface area contributed by atoms with Gasteiger partial charge in [-0.15, -0.1) is 0 Å². The zero-order valence-electron chi connectivity index (χ0n) is 9.12. The molecule has 0 unspecified atom stereocenters. The van der Waals surface area contributed by atoms with Crippen LogP contribution in [0.2, 0.25) is 0 Å². The number of hydrogen-bond acceptors (Lipinski definition) is 3. The molecule has 0 bridgehead atoms. The summed E-state index contributed by atoms with van der Waals surface area (Å²) < 4.78 is 0. The number of likely N-dealkylation sites (N-methyl/N-ethyl adjacent to an activating group) is 1. The lowest BCUT2D eigenvalue weighted by Gasteiger charge is -2.22. The first-order valence-corrected chi connectivity index (χ1v) is 4.70. The van der Waals surface area contributed by atoms with Crippen molar-refractivity contribution in [3.63, 3.8) is 0 Å². The Hall–Kier alpha value is -1.10. The maximum absolute atomic E-state index is 11.3. The normalized spacial score (nSPS) is 9.71. The maximum Gasteiger partial charge on any atom is 0.241 e. The Morgan fingerprint density at radius 2 is 1.79 bits per heavy atom. The summed E-state index contributed by atoms with van der Waals surface area (Å²) >= 11 is 0. The van der Waals surface area contributed by atoms with Crippen molar-refractivity contribution in [1.82, 2.24) is 9.80 Å². The minimum absolute atomic E-state index is 0.0410. The summed E-state index contributed by atoms with van der Waals surface area (Å²) in [6.45, 7) is 2.62. The predicted molar refractivity (Wildman–Crippen MR) is 54.6 cm³/mol. The van der Waals surface area contributed by atoms with E-state index >= 15 is 0 Å². The second kappa shape index (κ2) is 6.37. The molecule has 82 valence electrons. The Morgan fingerprint density at radius 3 is 2.14 bits per heavy atom. The summed E-state index contributed by atoms with van der Waals surface area (Å²) in [7, 11) is 3.33. The SMILES string of the molecule is CCCN(CC(=O)N(C)C)C(=O)CN. The molecule has 0 rings (SSSR count). The number of rotatable bonds is 5. The van der Waals surface area contributed by atoms with Crippen LogP contribution in [0.3, 0.4) is 0 Å². The highest BCUT2D eigenvalue weighted by Crippen LogP contribution is 1.93. The van der Waals surface area contributed by atoms with Crippen molar-refractivity contribution in [2.75, 3.05) is 33.7 Å². The third-order valence-corrected chi connectivity index (χ3v) is 1.85. The van der Waals surface area contributed by atoms with Gasteiger partial charge < -0.3 is 15.5 Å². The van der Waals surface area contributed by atoms with Crippen molar-refractivity contribution < 1.29 is 9.59 Å². The monoisotopic (exact) mass is 201 g/mol. The fourth-order valence-corrected chi connectivity index (χ4v) is 0.996. The number of carbonyl (C=O) groups excluding carboxylic acids is 2. The molecule has 14 heavy (non-hydrogen) atoms. The highest BCUT2D eigenvalue weighted by Gasteiger charge is 2.15. The van der Waals surface area contributed by atoms with E-state index in [-0.39, 0.29) is 24.9 Å². The Morgan fingerprint density at radius 1 is 1.21 bits per heavy atom. The Labute approximate surface area is 84.8 Å². The van der Waals surface area contributed by atoms with Crippen molar-refractivity contribution >= 4 is 11.8 Å². The molecule has 0 spiro atoms. The number of carbonyl (C=O) groups is 2. The van der Waals surface area contributed by atoms with E-state index in [4.69, 9.17) is 5.73 Å². The second-order valence-electron chi connectivity index (χ2n) is 3.31. The molecule has 0 aromatic carbocycles. The minimum atomic E-state index is -0.179. The van der Waals surface area contributed by atoms with E-state index < -0.39 is 0 Å². The van der Waals surface area contributed by atoms with Crippen LogP contribution in [0.4, 0.5) is 0 Å². The Bertz CT molecular complexity index is 202. The molecular formula is C9H19N3O2. The highest BCUT2D eigenvalue weighted by atomic mass is 16.2. The zero-order chi connectivity index (χ0) is 11.1. The van der Waals surface area contributed by atoms with Gasteiger partial charge in [0.2, 0.25) is 11.8 Å². The minimum Gasteiger partial charge on any atom is -0.347 e. The molecule has 0 aliphatic heterocycles. The summed E-state index contributed by atoms with van der Waals surface area (Å²) in [5, 5.41) is 0. The van der Waals surface area contributed by atoms with Crippen LogP contribution < -0.4 is 5.73 Å². The van der Waals surface area contributed by atoms with Crippen LogP contribution in [0.15, 0.2) is 0 Å².